The van der Waals surface area contributed by atoms with Crippen LogP contribution in [0.3, 0.4) is 0 Å². The van der Waals surface area contributed by atoms with E-state index in [4.69, 9.17) is 0 Å². The van der Waals surface area contributed by atoms with Crippen molar-refractivity contribution in [2.45, 2.75) is 32.4 Å². The molecule has 0 aliphatic rings. The van der Waals surface area contributed by atoms with Crippen LogP contribution in [-0.4, -0.2) is 23.1 Å². The highest BCUT2D eigenvalue weighted by Crippen LogP contribution is 2.36. The van der Waals surface area contributed by atoms with Gasteiger partial charge in [0.25, 0.3) is 5.56 Å². The summed E-state index contributed by atoms with van der Waals surface area (Å²) in [5, 5.41) is 0. The molecule has 5 rings (SSSR count). The monoisotopic (exact) mass is 495 g/mol. The fourth-order valence-corrected chi connectivity index (χ4v) is 4.66. The van der Waals surface area contributed by atoms with Gasteiger partial charge in [-0.3, -0.25) is 22.9 Å². The highest BCUT2D eigenvalue weighted by molar-refractivity contribution is 5.81. The third kappa shape index (κ3) is 3.55. The molecule has 7 nitrogen and oxygen atoms in total. The largest absolute Gasteiger partial charge is 0.416 e. The van der Waals surface area contributed by atoms with E-state index < -0.39 is 23.0 Å². The van der Waals surface area contributed by atoms with E-state index in [1.165, 1.54) is 24.7 Å². The van der Waals surface area contributed by atoms with E-state index in [0.29, 0.717) is 12.1 Å². The fourth-order valence-electron chi connectivity index (χ4n) is 4.66. The van der Waals surface area contributed by atoms with Crippen molar-refractivity contribution in [1.29, 1.82) is 0 Å². The molecule has 3 aromatic heterocycles. The highest BCUT2D eigenvalue weighted by atomic mass is 19.4. The first-order chi connectivity index (χ1) is 17.1. The first kappa shape index (κ1) is 23.7. The highest BCUT2D eigenvalue weighted by Gasteiger charge is 2.32. The van der Waals surface area contributed by atoms with Gasteiger partial charge in [-0.15, -0.1) is 0 Å². The van der Waals surface area contributed by atoms with Gasteiger partial charge in [-0.25, -0.2) is 4.79 Å². The molecule has 36 heavy (non-hydrogen) atoms. The van der Waals surface area contributed by atoms with Crippen LogP contribution in [0.5, 0.6) is 0 Å². The Balaban J connectivity index is 2.02. The number of halogens is 3. The zero-order valence-corrected chi connectivity index (χ0v) is 20.0. The predicted octanol–water partition coefficient (Wildman–Crippen LogP) is 4.70. The Morgan fingerprint density at radius 1 is 0.944 bits per heavy atom. The first-order valence-electron chi connectivity index (χ1n) is 11.6. The molecule has 2 aromatic carbocycles. The van der Waals surface area contributed by atoms with Gasteiger partial charge in [0.1, 0.15) is 0 Å². The summed E-state index contributed by atoms with van der Waals surface area (Å²) in [6.07, 6.45) is -2.32. The molecule has 0 spiro atoms. The van der Waals surface area contributed by atoms with Crippen LogP contribution in [0.15, 0.2) is 64.2 Å². The molecule has 0 fully saturated rings. The van der Waals surface area contributed by atoms with Gasteiger partial charge in [0.2, 0.25) is 5.78 Å². The average molecular weight is 496 g/mol. The maximum Gasteiger partial charge on any atom is 0.416 e. The molecule has 0 radical (unpaired) electrons. The van der Waals surface area contributed by atoms with Crippen LogP contribution in [0, 0.1) is 0 Å². The van der Waals surface area contributed by atoms with Crippen molar-refractivity contribution in [2.75, 3.05) is 0 Å². The summed E-state index contributed by atoms with van der Waals surface area (Å²) >= 11 is 0. The second-order valence-electron chi connectivity index (χ2n) is 8.77. The van der Waals surface area contributed by atoms with Gasteiger partial charge in [-0.05, 0) is 31.0 Å². The van der Waals surface area contributed by atoms with Gasteiger partial charge in [0.15, 0.2) is 11.2 Å². The van der Waals surface area contributed by atoms with E-state index in [1.54, 1.807) is 15.0 Å². The minimum absolute atomic E-state index is 0.177. The van der Waals surface area contributed by atoms with Gasteiger partial charge in [-0.1, -0.05) is 49.7 Å². The summed E-state index contributed by atoms with van der Waals surface area (Å²) in [7, 11) is 2.92. The number of alkyl halides is 3. The molecule has 0 bridgehead atoms. The predicted molar refractivity (Wildman–Crippen MR) is 132 cm³/mol. The van der Waals surface area contributed by atoms with Crippen LogP contribution >= 0.6 is 0 Å². The fraction of sp³-hybridized carbons (Fsp3) is 0.269. The molecule has 0 saturated carbocycles. The minimum Gasteiger partial charge on any atom is -0.279 e. The summed E-state index contributed by atoms with van der Waals surface area (Å²) in [5.74, 6) is 0.271. The average Bonchev–Trinajstić information content (AvgIpc) is 3.40. The molecule has 0 aliphatic heterocycles. The van der Waals surface area contributed by atoms with Crippen molar-refractivity contribution in [3.05, 3.63) is 86.7 Å². The van der Waals surface area contributed by atoms with Crippen molar-refractivity contribution in [1.82, 2.24) is 23.1 Å². The van der Waals surface area contributed by atoms with Gasteiger partial charge < -0.3 is 0 Å². The number of hydrogen-bond donors (Lipinski definition) is 0. The van der Waals surface area contributed by atoms with Crippen LogP contribution in [-0.2, 0) is 26.7 Å². The summed E-state index contributed by atoms with van der Waals surface area (Å²) in [4.78, 5) is 30.6. The summed E-state index contributed by atoms with van der Waals surface area (Å²) in [6, 6.07) is 14.4. The zero-order valence-electron chi connectivity index (χ0n) is 20.0. The zero-order chi connectivity index (χ0) is 25.8. The maximum atomic E-state index is 13.6. The quantitative estimate of drug-likeness (QED) is 0.355. The number of unbranched alkanes of at least 4 members (excludes halogenated alkanes) is 1. The molecule has 5 aromatic rings. The van der Waals surface area contributed by atoms with Crippen LogP contribution in [0.2, 0.25) is 0 Å². The maximum absolute atomic E-state index is 13.6. The number of hydrogen-bond acceptors (Lipinski definition) is 3. The number of aromatic nitrogens is 5. The topological polar surface area (TPSA) is 66.2 Å². The van der Waals surface area contributed by atoms with Crippen LogP contribution in [0.25, 0.3) is 33.9 Å². The second kappa shape index (κ2) is 8.54. The second-order valence-corrected chi connectivity index (χ2v) is 8.77. The molecule has 3 heterocycles. The van der Waals surface area contributed by atoms with E-state index in [2.05, 4.69) is 4.98 Å². The summed E-state index contributed by atoms with van der Waals surface area (Å²) in [6.45, 7) is 2.04. The summed E-state index contributed by atoms with van der Waals surface area (Å²) < 4.78 is 46.6. The van der Waals surface area contributed by atoms with E-state index in [1.807, 2.05) is 37.3 Å². The SMILES string of the molecule is CCCCc1c(-c2ccccc2)n(-c2cccc(C(F)(F)F)c2)c2nc3c(c(=O)n(C)c(=O)n3C)n12. The molecule has 186 valence electrons. The number of rotatable bonds is 5. The minimum atomic E-state index is -4.53. The smallest absolute Gasteiger partial charge is 0.279 e. The lowest BCUT2D eigenvalue weighted by molar-refractivity contribution is -0.137. The number of fused-ring (bicyclic) bond motifs is 3. The van der Waals surface area contributed by atoms with Crippen LogP contribution in [0.4, 0.5) is 13.2 Å². The Labute approximate surface area is 203 Å². The molecule has 0 N–H and O–H groups in total. The Hall–Kier alpha value is -4.08. The van der Waals surface area contributed by atoms with E-state index in [0.717, 1.165) is 40.8 Å². The van der Waals surface area contributed by atoms with Crippen molar-refractivity contribution >= 4 is 16.9 Å². The molecule has 0 unspecified atom stereocenters. The standard InChI is InChI=1S/C26H24F3N5O2/c1-4-5-14-19-20(16-10-7-6-8-11-16)33(18-13-9-12-17(15-18)26(27,28)29)24-30-22-21(34(19)24)23(35)32(3)25(36)31(22)2/h6-13,15H,4-5,14H2,1-3H3. The molecule has 0 aliphatic carbocycles. The number of aryl methyl sites for hydroxylation is 2. The third-order valence-electron chi connectivity index (χ3n) is 6.45. The van der Waals surface area contributed by atoms with Crippen LogP contribution < -0.4 is 11.2 Å². The Kier molecular flexibility index (Phi) is 5.61. The molecular formula is C26H24F3N5O2. The van der Waals surface area contributed by atoms with Crippen molar-refractivity contribution in [3.8, 4) is 16.9 Å². The van der Waals surface area contributed by atoms with Crippen LogP contribution in [0.1, 0.15) is 31.0 Å². The summed E-state index contributed by atoms with van der Waals surface area (Å²) in [5.41, 5.74) is 0.990. The van der Waals surface area contributed by atoms with Gasteiger partial charge in [0.05, 0.1) is 17.0 Å². The van der Waals surface area contributed by atoms with Crippen molar-refractivity contribution in [3.63, 3.8) is 0 Å². The Bertz CT molecular complexity index is 1720. The molecule has 0 saturated heterocycles. The normalized spacial score (nSPS) is 12.2. The lowest BCUT2D eigenvalue weighted by atomic mass is 10.1. The van der Waals surface area contributed by atoms with Crippen molar-refractivity contribution in [2.24, 2.45) is 14.1 Å². The van der Waals surface area contributed by atoms with Gasteiger partial charge in [-0.2, -0.15) is 18.2 Å². The molecule has 0 amide bonds. The molecular weight excluding hydrogens is 471 g/mol. The van der Waals surface area contributed by atoms with Crippen molar-refractivity contribution < 1.29 is 13.2 Å². The Morgan fingerprint density at radius 2 is 1.67 bits per heavy atom. The molecule has 10 heteroatoms. The lowest BCUT2D eigenvalue weighted by Gasteiger charge is -2.14. The van der Waals surface area contributed by atoms with Gasteiger partial charge >= 0.3 is 11.9 Å². The lowest BCUT2D eigenvalue weighted by Crippen LogP contribution is -2.37. The third-order valence-corrected chi connectivity index (χ3v) is 6.45. The van der Waals surface area contributed by atoms with E-state index in [-0.39, 0.29) is 22.6 Å². The Morgan fingerprint density at radius 3 is 2.33 bits per heavy atom. The number of imidazole rings is 2. The number of benzene rings is 2. The molecule has 0 atom stereocenters. The van der Waals surface area contributed by atoms with E-state index in [9.17, 15) is 22.8 Å². The first-order valence-corrected chi connectivity index (χ1v) is 11.6. The van der Waals surface area contributed by atoms with Gasteiger partial charge in [0, 0.05) is 25.3 Å². The number of nitrogens with zero attached hydrogens (tertiary/aromatic N) is 5. The van der Waals surface area contributed by atoms with E-state index >= 15 is 0 Å².